The van der Waals surface area contributed by atoms with Gasteiger partial charge in [-0.25, -0.2) is 4.39 Å². The maximum atomic E-state index is 13.8. The van der Waals surface area contributed by atoms with Gasteiger partial charge in [-0.15, -0.1) is 0 Å². The number of amides is 1. The van der Waals surface area contributed by atoms with Crippen LogP contribution in [0.4, 0.5) is 4.39 Å². The summed E-state index contributed by atoms with van der Waals surface area (Å²) in [5, 5.41) is 3.61. The first-order valence-corrected chi connectivity index (χ1v) is 11.2. The molecule has 3 heterocycles. The first-order chi connectivity index (χ1) is 15.0. The van der Waals surface area contributed by atoms with Crippen LogP contribution in [0, 0.1) is 5.82 Å². The van der Waals surface area contributed by atoms with Crippen molar-refractivity contribution in [2.24, 2.45) is 0 Å². The fraction of sp³-hybridized carbons (Fsp3) is 0.480. The molecular formula is C25H30FN3O2. The molecule has 1 N–H and O–H groups in total. The van der Waals surface area contributed by atoms with Crippen molar-refractivity contribution < 1.29 is 13.9 Å². The van der Waals surface area contributed by atoms with E-state index in [9.17, 15) is 9.18 Å². The Morgan fingerprint density at radius 1 is 1.16 bits per heavy atom. The van der Waals surface area contributed by atoms with Crippen LogP contribution in [-0.4, -0.2) is 66.7 Å². The molecule has 3 aliphatic heterocycles. The SMILES string of the molecule is CN1CCN[C@H]2C[C@H](C(=O)N3CCc4ccccc4[C@@H]3c3ccc(F)cc3)OC[C@]21C. The van der Waals surface area contributed by atoms with Gasteiger partial charge in [-0.3, -0.25) is 9.69 Å². The van der Waals surface area contributed by atoms with E-state index in [-0.39, 0.29) is 29.3 Å². The van der Waals surface area contributed by atoms with Crippen LogP contribution in [0.5, 0.6) is 0 Å². The summed E-state index contributed by atoms with van der Waals surface area (Å²) in [6, 6.07) is 14.8. The molecule has 6 heteroatoms. The van der Waals surface area contributed by atoms with Crippen molar-refractivity contribution in [3.63, 3.8) is 0 Å². The van der Waals surface area contributed by atoms with E-state index in [2.05, 4.69) is 36.3 Å². The zero-order chi connectivity index (χ0) is 21.6. The van der Waals surface area contributed by atoms with Crippen LogP contribution in [0.2, 0.25) is 0 Å². The van der Waals surface area contributed by atoms with Crippen LogP contribution in [0.25, 0.3) is 0 Å². The Hall–Kier alpha value is -2.28. The highest BCUT2D eigenvalue weighted by Crippen LogP contribution is 2.37. The first-order valence-electron chi connectivity index (χ1n) is 11.2. The van der Waals surface area contributed by atoms with Crippen molar-refractivity contribution >= 4 is 5.91 Å². The molecule has 0 aliphatic carbocycles. The van der Waals surface area contributed by atoms with Gasteiger partial charge in [0, 0.05) is 25.7 Å². The number of fused-ring (bicyclic) bond motifs is 2. The second-order valence-electron chi connectivity index (χ2n) is 9.26. The number of nitrogens with one attached hydrogen (secondary N) is 1. The number of carbonyl (C=O) groups is 1. The molecule has 31 heavy (non-hydrogen) atoms. The van der Waals surface area contributed by atoms with Crippen molar-refractivity contribution in [1.29, 1.82) is 0 Å². The molecule has 2 fully saturated rings. The lowest BCUT2D eigenvalue weighted by Crippen LogP contribution is -2.70. The van der Waals surface area contributed by atoms with Crippen LogP contribution in [0.15, 0.2) is 48.5 Å². The Morgan fingerprint density at radius 3 is 2.74 bits per heavy atom. The van der Waals surface area contributed by atoms with E-state index >= 15 is 0 Å². The number of ether oxygens (including phenoxy) is 1. The lowest BCUT2D eigenvalue weighted by molar-refractivity contribution is -0.161. The van der Waals surface area contributed by atoms with Gasteiger partial charge in [-0.1, -0.05) is 36.4 Å². The molecule has 0 saturated carbocycles. The van der Waals surface area contributed by atoms with Gasteiger partial charge in [0.05, 0.1) is 18.2 Å². The normalized spacial score (nSPS) is 31.1. The Kier molecular flexibility index (Phi) is 5.32. The Balaban J connectivity index is 1.44. The number of halogens is 1. The second-order valence-corrected chi connectivity index (χ2v) is 9.26. The molecule has 4 atom stereocenters. The van der Waals surface area contributed by atoms with Gasteiger partial charge < -0.3 is 15.0 Å². The van der Waals surface area contributed by atoms with Crippen LogP contribution >= 0.6 is 0 Å². The molecule has 164 valence electrons. The van der Waals surface area contributed by atoms with E-state index in [0.29, 0.717) is 19.6 Å². The van der Waals surface area contributed by atoms with E-state index in [4.69, 9.17) is 4.74 Å². The third-order valence-corrected chi connectivity index (χ3v) is 7.51. The number of piperazine rings is 1. The van der Waals surface area contributed by atoms with E-state index in [1.165, 1.54) is 17.7 Å². The maximum absolute atomic E-state index is 13.8. The van der Waals surface area contributed by atoms with Gasteiger partial charge in [-0.05, 0) is 55.6 Å². The molecule has 1 amide bonds. The number of carbonyl (C=O) groups excluding carboxylic acids is 1. The van der Waals surface area contributed by atoms with E-state index in [1.807, 2.05) is 17.0 Å². The number of hydrogen-bond donors (Lipinski definition) is 1. The highest BCUT2D eigenvalue weighted by Gasteiger charge is 2.48. The fourth-order valence-electron chi connectivity index (χ4n) is 5.41. The molecule has 0 radical (unpaired) electrons. The minimum atomic E-state index is -0.467. The first kappa shape index (κ1) is 20.6. The summed E-state index contributed by atoms with van der Waals surface area (Å²) in [6.45, 7) is 5.27. The van der Waals surface area contributed by atoms with Gasteiger partial charge in [0.2, 0.25) is 0 Å². The van der Waals surface area contributed by atoms with Gasteiger partial charge in [0.1, 0.15) is 11.9 Å². The predicted molar refractivity (Wildman–Crippen MR) is 117 cm³/mol. The lowest BCUT2D eigenvalue weighted by atomic mass is 9.82. The maximum Gasteiger partial charge on any atom is 0.252 e. The van der Waals surface area contributed by atoms with Crippen molar-refractivity contribution in [3.05, 3.63) is 71.0 Å². The summed E-state index contributed by atoms with van der Waals surface area (Å²) in [5.74, 6) is -0.242. The number of hydrogen-bond acceptors (Lipinski definition) is 4. The molecule has 2 aromatic rings. The minimum absolute atomic E-state index is 0.0286. The highest BCUT2D eigenvalue weighted by molar-refractivity contribution is 5.82. The Bertz CT molecular complexity index is 965. The average molecular weight is 424 g/mol. The third-order valence-electron chi connectivity index (χ3n) is 7.51. The number of rotatable bonds is 2. The topological polar surface area (TPSA) is 44.8 Å². The van der Waals surface area contributed by atoms with Gasteiger partial charge in [0.15, 0.2) is 0 Å². The number of likely N-dealkylation sites (N-methyl/N-ethyl adjacent to an activating group) is 1. The highest BCUT2D eigenvalue weighted by atomic mass is 19.1. The molecule has 2 saturated heterocycles. The average Bonchev–Trinajstić information content (AvgIpc) is 2.79. The summed E-state index contributed by atoms with van der Waals surface area (Å²) in [5.41, 5.74) is 3.19. The number of nitrogens with zero attached hydrogens (tertiary/aromatic N) is 2. The third kappa shape index (κ3) is 3.56. The minimum Gasteiger partial charge on any atom is -0.366 e. The molecule has 0 unspecified atom stereocenters. The van der Waals surface area contributed by atoms with Crippen LogP contribution in [-0.2, 0) is 16.0 Å². The van der Waals surface area contributed by atoms with Crippen molar-refractivity contribution in [3.8, 4) is 0 Å². The van der Waals surface area contributed by atoms with E-state index in [1.54, 1.807) is 12.1 Å². The Morgan fingerprint density at radius 2 is 1.94 bits per heavy atom. The van der Waals surface area contributed by atoms with Gasteiger partial charge >= 0.3 is 0 Å². The molecule has 5 nitrogen and oxygen atoms in total. The van der Waals surface area contributed by atoms with E-state index < -0.39 is 6.10 Å². The van der Waals surface area contributed by atoms with Crippen molar-refractivity contribution in [1.82, 2.24) is 15.1 Å². The van der Waals surface area contributed by atoms with Gasteiger partial charge in [0.25, 0.3) is 5.91 Å². The number of benzene rings is 2. The zero-order valence-corrected chi connectivity index (χ0v) is 18.2. The smallest absolute Gasteiger partial charge is 0.252 e. The molecular weight excluding hydrogens is 393 g/mol. The van der Waals surface area contributed by atoms with Crippen LogP contribution in [0.3, 0.4) is 0 Å². The largest absolute Gasteiger partial charge is 0.366 e. The van der Waals surface area contributed by atoms with Crippen molar-refractivity contribution in [2.75, 3.05) is 33.3 Å². The fourth-order valence-corrected chi connectivity index (χ4v) is 5.41. The standard InChI is InChI=1S/C25H30FN3O2/c1-25-16-31-21(15-22(25)27-12-14-28(25)2)24(30)29-13-11-17-5-3-4-6-20(17)23(29)18-7-9-19(26)10-8-18/h3-10,21-23,27H,11-16H2,1-2H3/t21-,22+,23+,25-/m1/s1. The molecule has 2 aromatic carbocycles. The monoisotopic (exact) mass is 423 g/mol. The quantitative estimate of drug-likeness (QED) is 0.807. The summed E-state index contributed by atoms with van der Waals surface area (Å²) in [4.78, 5) is 18.0. The van der Waals surface area contributed by atoms with Crippen molar-refractivity contribution in [2.45, 2.75) is 43.5 Å². The summed E-state index contributed by atoms with van der Waals surface area (Å²) < 4.78 is 19.8. The predicted octanol–water partition coefficient (Wildman–Crippen LogP) is 2.75. The summed E-state index contributed by atoms with van der Waals surface area (Å²) in [6.07, 6.45) is 1.01. The molecule has 0 spiro atoms. The van der Waals surface area contributed by atoms with Gasteiger partial charge in [-0.2, -0.15) is 0 Å². The molecule has 0 bridgehead atoms. The molecule has 5 rings (SSSR count). The lowest BCUT2D eigenvalue weighted by Gasteiger charge is -2.53. The molecule has 3 aliphatic rings. The Labute approximate surface area is 183 Å². The zero-order valence-electron chi connectivity index (χ0n) is 18.2. The summed E-state index contributed by atoms with van der Waals surface area (Å²) in [7, 11) is 2.13. The van der Waals surface area contributed by atoms with E-state index in [0.717, 1.165) is 30.6 Å². The summed E-state index contributed by atoms with van der Waals surface area (Å²) >= 11 is 0. The van der Waals surface area contributed by atoms with Crippen LogP contribution < -0.4 is 5.32 Å². The second kappa shape index (κ2) is 8.01. The molecule has 0 aromatic heterocycles. The van der Waals surface area contributed by atoms with Crippen LogP contribution in [0.1, 0.15) is 36.1 Å².